The third kappa shape index (κ3) is 1.77. The normalized spacial score (nSPS) is 10.6. The van der Waals surface area contributed by atoms with E-state index in [1.165, 1.54) is 0 Å². The number of hydrogen-bond acceptors (Lipinski definition) is 1. The summed E-state index contributed by atoms with van der Waals surface area (Å²) in [7, 11) is 1.93. The molecule has 0 saturated carbocycles. The first-order valence-corrected chi connectivity index (χ1v) is 5.38. The smallest absolute Gasteiger partial charge is 0.111 e. The quantitative estimate of drug-likeness (QED) is 0.760. The minimum absolute atomic E-state index is 0.770. The van der Waals surface area contributed by atoms with E-state index in [1.807, 2.05) is 42.1 Å². The van der Waals surface area contributed by atoms with Crippen LogP contribution in [0.25, 0.3) is 11.3 Å². The van der Waals surface area contributed by atoms with Gasteiger partial charge in [-0.3, -0.25) is 4.68 Å². The van der Waals surface area contributed by atoms with Crippen LogP contribution in [0.15, 0.2) is 30.3 Å². The van der Waals surface area contributed by atoms with Crippen molar-refractivity contribution in [1.29, 1.82) is 0 Å². The Labute approximate surface area is 94.5 Å². The van der Waals surface area contributed by atoms with Crippen molar-refractivity contribution in [3.8, 4) is 11.3 Å². The third-order valence-electron chi connectivity index (χ3n) is 2.48. The summed E-state index contributed by atoms with van der Waals surface area (Å²) in [5.74, 6) is 0. The zero-order valence-corrected chi connectivity index (χ0v) is 9.62. The summed E-state index contributed by atoms with van der Waals surface area (Å²) in [6.07, 6.45) is 0.898. The predicted octanol–water partition coefficient (Wildman–Crippen LogP) is 3.30. The molecule has 1 heterocycles. The number of hydrogen-bond donors (Lipinski definition) is 0. The Morgan fingerprint density at radius 1 is 1.27 bits per heavy atom. The van der Waals surface area contributed by atoms with Crippen LogP contribution >= 0.6 is 11.6 Å². The highest BCUT2D eigenvalue weighted by Crippen LogP contribution is 2.29. The Morgan fingerprint density at radius 3 is 2.47 bits per heavy atom. The molecular weight excluding hydrogens is 208 g/mol. The zero-order chi connectivity index (χ0) is 10.8. The lowest BCUT2D eigenvalue weighted by atomic mass is 10.1. The zero-order valence-electron chi connectivity index (χ0n) is 8.87. The average molecular weight is 221 g/mol. The van der Waals surface area contributed by atoms with Gasteiger partial charge in [0.15, 0.2) is 0 Å². The fraction of sp³-hybridized carbons (Fsp3) is 0.250. The van der Waals surface area contributed by atoms with Gasteiger partial charge < -0.3 is 0 Å². The van der Waals surface area contributed by atoms with Crippen molar-refractivity contribution in [2.45, 2.75) is 13.3 Å². The molecule has 1 aromatic heterocycles. The van der Waals surface area contributed by atoms with Gasteiger partial charge in [0.25, 0.3) is 0 Å². The summed E-state index contributed by atoms with van der Waals surface area (Å²) in [5, 5.41) is 5.21. The van der Waals surface area contributed by atoms with Gasteiger partial charge in [0, 0.05) is 12.6 Å². The Kier molecular flexibility index (Phi) is 2.78. The van der Waals surface area contributed by atoms with Crippen LogP contribution in [0.1, 0.15) is 12.6 Å². The predicted molar refractivity (Wildman–Crippen MR) is 63.0 cm³/mol. The largest absolute Gasteiger partial charge is 0.270 e. The van der Waals surface area contributed by atoms with E-state index in [2.05, 4.69) is 12.0 Å². The van der Waals surface area contributed by atoms with Crippen LogP contribution in [-0.2, 0) is 13.5 Å². The molecule has 2 nitrogen and oxygen atoms in total. The Bertz CT molecular complexity index is 460. The maximum absolute atomic E-state index is 6.28. The van der Waals surface area contributed by atoms with Crippen LogP contribution in [0.4, 0.5) is 0 Å². The maximum atomic E-state index is 6.28. The summed E-state index contributed by atoms with van der Waals surface area (Å²) >= 11 is 6.28. The van der Waals surface area contributed by atoms with Gasteiger partial charge in [0.05, 0.1) is 10.7 Å². The fourth-order valence-electron chi connectivity index (χ4n) is 1.70. The second-order valence-electron chi connectivity index (χ2n) is 3.45. The lowest BCUT2D eigenvalue weighted by molar-refractivity contribution is 0.720. The van der Waals surface area contributed by atoms with Crippen molar-refractivity contribution in [2.75, 3.05) is 0 Å². The van der Waals surface area contributed by atoms with Crippen molar-refractivity contribution in [2.24, 2.45) is 7.05 Å². The van der Waals surface area contributed by atoms with E-state index in [1.54, 1.807) is 0 Å². The first kappa shape index (κ1) is 10.2. The molecule has 1 aromatic carbocycles. The SMILES string of the molecule is CCc1c(Cl)c(-c2ccccc2)nn1C. The topological polar surface area (TPSA) is 17.8 Å². The molecule has 0 aliphatic carbocycles. The molecule has 0 N–H and O–H groups in total. The van der Waals surface area contributed by atoms with Crippen LogP contribution in [0, 0.1) is 0 Å². The lowest BCUT2D eigenvalue weighted by Crippen LogP contribution is -1.96. The molecule has 0 saturated heterocycles. The number of halogens is 1. The summed E-state index contributed by atoms with van der Waals surface area (Å²) in [6.45, 7) is 2.08. The van der Waals surface area contributed by atoms with Crippen LogP contribution < -0.4 is 0 Å². The van der Waals surface area contributed by atoms with E-state index >= 15 is 0 Å². The average Bonchev–Trinajstić information content (AvgIpc) is 2.55. The van der Waals surface area contributed by atoms with Crippen LogP contribution in [0.2, 0.25) is 5.02 Å². The van der Waals surface area contributed by atoms with Crippen LogP contribution in [-0.4, -0.2) is 9.78 Å². The van der Waals surface area contributed by atoms with E-state index in [0.717, 1.165) is 28.4 Å². The van der Waals surface area contributed by atoms with Gasteiger partial charge in [-0.15, -0.1) is 0 Å². The molecule has 2 aromatic rings. The van der Waals surface area contributed by atoms with Gasteiger partial charge in [0.1, 0.15) is 5.69 Å². The summed E-state index contributed by atoms with van der Waals surface area (Å²) in [4.78, 5) is 0. The number of rotatable bonds is 2. The number of benzene rings is 1. The summed E-state index contributed by atoms with van der Waals surface area (Å²) in [6, 6.07) is 10.0. The van der Waals surface area contributed by atoms with Gasteiger partial charge in [-0.25, -0.2) is 0 Å². The summed E-state index contributed by atoms with van der Waals surface area (Å²) < 4.78 is 1.85. The van der Waals surface area contributed by atoms with Crippen molar-refractivity contribution in [3.05, 3.63) is 41.0 Å². The monoisotopic (exact) mass is 220 g/mol. The van der Waals surface area contributed by atoms with E-state index < -0.39 is 0 Å². The van der Waals surface area contributed by atoms with Gasteiger partial charge in [-0.1, -0.05) is 48.9 Å². The Morgan fingerprint density at radius 2 is 1.93 bits per heavy atom. The molecule has 15 heavy (non-hydrogen) atoms. The molecule has 0 aliphatic heterocycles. The lowest BCUT2D eigenvalue weighted by Gasteiger charge is -1.96. The van der Waals surface area contributed by atoms with Crippen molar-refractivity contribution in [3.63, 3.8) is 0 Å². The molecule has 0 spiro atoms. The Balaban J connectivity index is 2.55. The molecule has 0 atom stereocenters. The molecule has 0 bridgehead atoms. The Hall–Kier alpha value is -1.28. The molecule has 78 valence electrons. The van der Waals surface area contributed by atoms with E-state index in [0.29, 0.717) is 0 Å². The first-order chi connectivity index (χ1) is 7.24. The third-order valence-corrected chi connectivity index (χ3v) is 2.88. The molecule has 3 heteroatoms. The molecule has 0 amide bonds. The van der Waals surface area contributed by atoms with Gasteiger partial charge in [-0.05, 0) is 6.42 Å². The molecule has 0 radical (unpaired) electrons. The fourth-order valence-corrected chi connectivity index (χ4v) is 2.10. The molecule has 0 unspecified atom stereocenters. The molecule has 2 rings (SSSR count). The van der Waals surface area contributed by atoms with E-state index in [4.69, 9.17) is 11.6 Å². The van der Waals surface area contributed by atoms with E-state index in [-0.39, 0.29) is 0 Å². The number of aryl methyl sites for hydroxylation is 1. The van der Waals surface area contributed by atoms with Crippen molar-refractivity contribution >= 4 is 11.6 Å². The van der Waals surface area contributed by atoms with Crippen molar-refractivity contribution in [1.82, 2.24) is 9.78 Å². The highest BCUT2D eigenvalue weighted by atomic mass is 35.5. The molecule has 0 fully saturated rings. The number of nitrogens with zero attached hydrogens (tertiary/aromatic N) is 2. The first-order valence-electron chi connectivity index (χ1n) is 5.00. The molecule has 0 aliphatic rings. The highest BCUT2D eigenvalue weighted by Gasteiger charge is 2.13. The van der Waals surface area contributed by atoms with Crippen LogP contribution in [0.3, 0.4) is 0 Å². The number of aromatic nitrogens is 2. The second kappa shape index (κ2) is 4.07. The minimum atomic E-state index is 0.770. The second-order valence-corrected chi connectivity index (χ2v) is 3.83. The molecular formula is C12H13ClN2. The van der Waals surface area contributed by atoms with E-state index in [9.17, 15) is 0 Å². The van der Waals surface area contributed by atoms with Gasteiger partial charge >= 0.3 is 0 Å². The van der Waals surface area contributed by atoms with Gasteiger partial charge in [0.2, 0.25) is 0 Å². The standard InChI is InChI=1S/C12H13ClN2/c1-3-10-11(13)12(14-15(10)2)9-7-5-4-6-8-9/h4-8H,3H2,1-2H3. The highest BCUT2D eigenvalue weighted by molar-refractivity contribution is 6.33. The maximum Gasteiger partial charge on any atom is 0.111 e. The van der Waals surface area contributed by atoms with Gasteiger partial charge in [-0.2, -0.15) is 5.10 Å². The van der Waals surface area contributed by atoms with Crippen LogP contribution in [0.5, 0.6) is 0 Å². The summed E-state index contributed by atoms with van der Waals surface area (Å²) in [5.41, 5.74) is 3.02. The van der Waals surface area contributed by atoms with Crippen molar-refractivity contribution < 1.29 is 0 Å². The minimum Gasteiger partial charge on any atom is -0.270 e.